The first-order chi connectivity index (χ1) is 9.89. The van der Waals surface area contributed by atoms with Crippen LogP contribution in [0.5, 0.6) is 5.75 Å². The Morgan fingerprint density at radius 1 is 1.38 bits per heavy atom. The van der Waals surface area contributed by atoms with Crippen LogP contribution in [0.15, 0.2) is 24.3 Å². The smallest absolute Gasteiger partial charge is 0.260 e. The van der Waals surface area contributed by atoms with Gasteiger partial charge in [0.05, 0.1) is 0 Å². The van der Waals surface area contributed by atoms with Crippen molar-refractivity contribution in [3.05, 3.63) is 29.8 Å². The van der Waals surface area contributed by atoms with Gasteiger partial charge in [0.1, 0.15) is 5.75 Å². The van der Waals surface area contributed by atoms with Crippen molar-refractivity contribution < 1.29 is 9.53 Å². The molecular weight excluding hydrogens is 264 g/mol. The van der Waals surface area contributed by atoms with Crippen LogP contribution in [0.1, 0.15) is 32.8 Å². The van der Waals surface area contributed by atoms with Gasteiger partial charge >= 0.3 is 0 Å². The molecule has 4 nitrogen and oxygen atoms in total. The molecule has 2 rings (SSSR count). The highest BCUT2D eigenvalue weighted by molar-refractivity contribution is 5.78. The molecule has 0 spiro atoms. The largest absolute Gasteiger partial charge is 0.483 e. The van der Waals surface area contributed by atoms with Crippen LogP contribution in [-0.2, 0) is 10.2 Å². The third-order valence-electron chi connectivity index (χ3n) is 4.02. The number of likely N-dealkylation sites (N-methyl/N-ethyl adjacent to an activating group) is 1. The molecule has 1 aliphatic rings. The van der Waals surface area contributed by atoms with Gasteiger partial charge in [-0.15, -0.1) is 0 Å². The second-order valence-electron chi connectivity index (χ2n) is 6.69. The van der Waals surface area contributed by atoms with E-state index < -0.39 is 0 Å². The van der Waals surface area contributed by atoms with Crippen LogP contribution < -0.4 is 10.1 Å². The first-order valence-electron chi connectivity index (χ1n) is 7.58. The van der Waals surface area contributed by atoms with Gasteiger partial charge in [0.15, 0.2) is 6.61 Å². The van der Waals surface area contributed by atoms with Crippen molar-refractivity contribution in [2.24, 2.45) is 0 Å². The first kappa shape index (κ1) is 15.8. The van der Waals surface area contributed by atoms with E-state index in [4.69, 9.17) is 4.74 Å². The summed E-state index contributed by atoms with van der Waals surface area (Å²) in [4.78, 5) is 14.0. The fourth-order valence-electron chi connectivity index (χ4n) is 2.63. The van der Waals surface area contributed by atoms with Gasteiger partial charge in [0, 0.05) is 19.6 Å². The molecule has 1 heterocycles. The van der Waals surface area contributed by atoms with Crippen LogP contribution in [0.2, 0.25) is 0 Å². The van der Waals surface area contributed by atoms with Gasteiger partial charge in [-0.05, 0) is 30.0 Å². The fraction of sp³-hybridized carbons (Fsp3) is 0.588. The molecule has 0 saturated carbocycles. The number of hydrogen-bond donors (Lipinski definition) is 1. The lowest BCUT2D eigenvalue weighted by atomic mass is 9.86. The molecule has 1 unspecified atom stereocenters. The van der Waals surface area contributed by atoms with Gasteiger partial charge in [0.2, 0.25) is 0 Å². The normalized spacial score (nSPS) is 18.6. The molecule has 4 heteroatoms. The van der Waals surface area contributed by atoms with Crippen molar-refractivity contribution in [2.45, 2.75) is 38.6 Å². The van der Waals surface area contributed by atoms with E-state index in [-0.39, 0.29) is 17.9 Å². The van der Waals surface area contributed by atoms with E-state index in [0.717, 1.165) is 30.8 Å². The van der Waals surface area contributed by atoms with E-state index in [9.17, 15) is 4.79 Å². The molecule has 1 atom stereocenters. The summed E-state index contributed by atoms with van der Waals surface area (Å²) in [6, 6.07) is 8.24. The molecule has 0 aliphatic carbocycles. The van der Waals surface area contributed by atoms with Gasteiger partial charge in [-0.25, -0.2) is 0 Å². The number of amides is 1. The maximum Gasteiger partial charge on any atom is 0.260 e. The summed E-state index contributed by atoms with van der Waals surface area (Å²) in [5, 5.41) is 3.28. The quantitative estimate of drug-likeness (QED) is 0.924. The van der Waals surface area contributed by atoms with E-state index in [1.165, 1.54) is 0 Å². The molecule has 1 saturated heterocycles. The van der Waals surface area contributed by atoms with Gasteiger partial charge in [-0.1, -0.05) is 39.0 Å². The van der Waals surface area contributed by atoms with Crippen molar-refractivity contribution in [1.82, 2.24) is 10.2 Å². The molecule has 1 amide bonds. The Bertz CT molecular complexity index is 488. The molecule has 0 aromatic heterocycles. The van der Waals surface area contributed by atoms with Gasteiger partial charge < -0.3 is 15.0 Å². The minimum atomic E-state index is 0.000908. The number of benzene rings is 1. The Kier molecular flexibility index (Phi) is 4.88. The number of nitrogens with one attached hydrogen (secondary N) is 1. The van der Waals surface area contributed by atoms with Crippen molar-refractivity contribution >= 4 is 5.91 Å². The molecule has 116 valence electrons. The minimum Gasteiger partial charge on any atom is -0.483 e. The van der Waals surface area contributed by atoms with Crippen LogP contribution in [0.25, 0.3) is 0 Å². The lowest BCUT2D eigenvalue weighted by Crippen LogP contribution is -2.41. The molecule has 1 aromatic carbocycles. The zero-order chi connectivity index (χ0) is 15.5. The number of para-hydroxylation sites is 1. The molecule has 0 radical (unpaired) electrons. The number of nitrogens with zero attached hydrogens (tertiary/aromatic N) is 1. The predicted molar refractivity (Wildman–Crippen MR) is 84.7 cm³/mol. The zero-order valence-electron chi connectivity index (χ0n) is 13.5. The van der Waals surface area contributed by atoms with E-state index in [2.05, 4.69) is 32.2 Å². The van der Waals surface area contributed by atoms with Crippen molar-refractivity contribution in [3.63, 3.8) is 0 Å². The Morgan fingerprint density at radius 3 is 2.71 bits per heavy atom. The number of carbonyl (C=O) groups excluding carboxylic acids is 1. The second kappa shape index (κ2) is 6.48. The molecular formula is C17H26N2O2. The van der Waals surface area contributed by atoms with Gasteiger partial charge in [0.25, 0.3) is 5.91 Å². The summed E-state index contributed by atoms with van der Waals surface area (Å²) in [6.45, 7) is 8.39. The Labute approximate surface area is 127 Å². The van der Waals surface area contributed by atoms with Crippen LogP contribution in [0.4, 0.5) is 0 Å². The summed E-state index contributed by atoms with van der Waals surface area (Å²) in [7, 11) is 1.86. The van der Waals surface area contributed by atoms with Crippen LogP contribution in [0, 0.1) is 0 Å². The molecule has 1 N–H and O–H groups in total. The summed E-state index contributed by atoms with van der Waals surface area (Å²) < 4.78 is 5.79. The highest BCUT2D eigenvalue weighted by Gasteiger charge is 2.24. The van der Waals surface area contributed by atoms with Crippen molar-refractivity contribution in [1.29, 1.82) is 0 Å². The number of carbonyl (C=O) groups is 1. The van der Waals surface area contributed by atoms with E-state index >= 15 is 0 Å². The SMILES string of the molecule is CN(C(=O)COc1ccccc1C(C)(C)C)C1CCNC1. The average Bonchev–Trinajstić information content (AvgIpc) is 2.97. The third-order valence-corrected chi connectivity index (χ3v) is 4.02. The summed E-state index contributed by atoms with van der Waals surface area (Å²) in [6.07, 6.45) is 1.01. The lowest BCUT2D eigenvalue weighted by molar-refractivity contribution is -0.133. The number of ether oxygens (including phenoxy) is 1. The van der Waals surface area contributed by atoms with E-state index in [0.29, 0.717) is 6.04 Å². The van der Waals surface area contributed by atoms with Gasteiger partial charge in [-0.3, -0.25) is 4.79 Å². The summed E-state index contributed by atoms with van der Waals surface area (Å²) in [5.41, 5.74) is 1.13. The van der Waals surface area contributed by atoms with Gasteiger partial charge in [-0.2, -0.15) is 0 Å². The average molecular weight is 290 g/mol. The molecule has 1 aliphatic heterocycles. The maximum absolute atomic E-state index is 12.2. The van der Waals surface area contributed by atoms with E-state index in [1.54, 1.807) is 4.90 Å². The van der Waals surface area contributed by atoms with Crippen LogP contribution in [0.3, 0.4) is 0 Å². The fourth-order valence-corrected chi connectivity index (χ4v) is 2.63. The standard InChI is InChI=1S/C17H26N2O2/c1-17(2,3)14-7-5-6-8-15(14)21-12-16(20)19(4)13-9-10-18-11-13/h5-8,13,18H,9-12H2,1-4H3. The van der Waals surface area contributed by atoms with Crippen LogP contribution in [-0.4, -0.2) is 43.6 Å². The molecule has 0 bridgehead atoms. The summed E-state index contributed by atoms with van der Waals surface area (Å²) in [5.74, 6) is 0.837. The predicted octanol–water partition coefficient (Wildman–Crippen LogP) is 2.18. The minimum absolute atomic E-state index is 0.000908. The third kappa shape index (κ3) is 3.97. The molecule has 1 aromatic rings. The Hall–Kier alpha value is -1.55. The Balaban J connectivity index is 1.98. The monoisotopic (exact) mass is 290 g/mol. The number of rotatable bonds is 4. The first-order valence-corrected chi connectivity index (χ1v) is 7.58. The zero-order valence-corrected chi connectivity index (χ0v) is 13.5. The highest BCUT2D eigenvalue weighted by atomic mass is 16.5. The van der Waals surface area contributed by atoms with Crippen molar-refractivity contribution in [3.8, 4) is 5.75 Å². The molecule has 21 heavy (non-hydrogen) atoms. The summed E-state index contributed by atoms with van der Waals surface area (Å²) >= 11 is 0. The molecule has 1 fully saturated rings. The number of hydrogen-bond acceptors (Lipinski definition) is 3. The Morgan fingerprint density at radius 2 is 2.10 bits per heavy atom. The second-order valence-corrected chi connectivity index (χ2v) is 6.69. The lowest BCUT2D eigenvalue weighted by Gasteiger charge is -2.25. The topological polar surface area (TPSA) is 41.6 Å². The van der Waals surface area contributed by atoms with Crippen molar-refractivity contribution in [2.75, 3.05) is 26.7 Å². The highest BCUT2D eigenvalue weighted by Crippen LogP contribution is 2.30. The van der Waals surface area contributed by atoms with E-state index in [1.807, 2.05) is 25.2 Å². The maximum atomic E-state index is 12.2. The van der Waals surface area contributed by atoms with Crippen LogP contribution >= 0.6 is 0 Å².